The van der Waals surface area contributed by atoms with Crippen molar-refractivity contribution in [2.75, 3.05) is 19.8 Å². The van der Waals surface area contributed by atoms with Crippen LogP contribution in [0.1, 0.15) is 27.9 Å². The summed E-state index contributed by atoms with van der Waals surface area (Å²) in [7, 11) is 0. The first-order valence-corrected chi connectivity index (χ1v) is 9.45. The highest BCUT2D eigenvalue weighted by Crippen LogP contribution is 2.26. The van der Waals surface area contributed by atoms with Crippen LogP contribution < -0.4 is 10.9 Å². The molecular formula is C21H22FN3O5. The van der Waals surface area contributed by atoms with E-state index in [0.717, 1.165) is 11.1 Å². The van der Waals surface area contributed by atoms with Crippen LogP contribution in [0, 0.1) is 5.82 Å². The Morgan fingerprint density at radius 2 is 1.87 bits per heavy atom. The predicted octanol–water partition coefficient (Wildman–Crippen LogP) is 0.937. The maximum absolute atomic E-state index is 13.1. The number of nitrogens with zero attached hydrogens (tertiary/aromatic N) is 2. The van der Waals surface area contributed by atoms with E-state index in [1.165, 1.54) is 22.9 Å². The molecule has 3 aromatic rings. The summed E-state index contributed by atoms with van der Waals surface area (Å²) in [6, 6.07) is 7.67. The number of amides is 1. The summed E-state index contributed by atoms with van der Waals surface area (Å²) < 4.78 is 14.4. The van der Waals surface area contributed by atoms with Crippen molar-refractivity contribution >= 4 is 16.9 Å². The molecule has 0 aliphatic carbocycles. The van der Waals surface area contributed by atoms with Crippen LogP contribution in [0.25, 0.3) is 11.0 Å². The second kappa shape index (κ2) is 9.47. The zero-order valence-electron chi connectivity index (χ0n) is 16.1. The van der Waals surface area contributed by atoms with E-state index in [2.05, 4.69) is 10.3 Å². The molecule has 0 atom stereocenters. The molecular weight excluding hydrogens is 393 g/mol. The predicted molar refractivity (Wildman–Crippen MR) is 108 cm³/mol. The molecule has 1 aromatic carbocycles. The second-order valence-corrected chi connectivity index (χ2v) is 6.75. The van der Waals surface area contributed by atoms with Crippen LogP contribution in [0.2, 0.25) is 0 Å². The van der Waals surface area contributed by atoms with Crippen molar-refractivity contribution in [3.63, 3.8) is 0 Å². The average Bonchev–Trinajstić information content (AvgIpc) is 2.74. The van der Waals surface area contributed by atoms with E-state index in [1.807, 2.05) is 0 Å². The van der Waals surface area contributed by atoms with E-state index in [-0.39, 0.29) is 44.1 Å². The molecule has 0 unspecified atom stereocenters. The highest BCUT2D eigenvalue weighted by molar-refractivity contribution is 6.01. The zero-order chi connectivity index (χ0) is 21.7. The Morgan fingerprint density at radius 3 is 2.53 bits per heavy atom. The number of hydrogen-bond donors (Lipinski definition) is 4. The Morgan fingerprint density at radius 1 is 1.13 bits per heavy atom. The summed E-state index contributed by atoms with van der Waals surface area (Å²) in [4.78, 5) is 29.5. The molecule has 2 heterocycles. The quantitative estimate of drug-likeness (QED) is 0.434. The van der Waals surface area contributed by atoms with Crippen LogP contribution in [0.15, 0.2) is 41.3 Å². The number of carbonyl (C=O) groups excluding carboxylic acids is 1. The van der Waals surface area contributed by atoms with Gasteiger partial charge in [-0.1, -0.05) is 12.1 Å². The molecule has 0 bridgehead atoms. The molecule has 2 aromatic heterocycles. The van der Waals surface area contributed by atoms with E-state index >= 15 is 0 Å². The lowest BCUT2D eigenvalue weighted by Crippen LogP contribution is -2.35. The first kappa shape index (κ1) is 21.4. The first-order chi connectivity index (χ1) is 14.5. The number of aliphatic hydroxyl groups is 2. The molecule has 0 spiro atoms. The molecule has 8 nitrogen and oxygen atoms in total. The lowest BCUT2D eigenvalue weighted by Gasteiger charge is -2.15. The molecule has 0 radical (unpaired) electrons. The minimum atomic E-state index is -0.816. The second-order valence-electron chi connectivity index (χ2n) is 6.75. The number of rotatable bonds is 8. The Labute approximate surface area is 171 Å². The molecule has 158 valence electrons. The van der Waals surface area contributed by atoms with Crippen molar-refractivity contribution in [3.8, 4) is 5.75 Å². The number of benzene rings is 1. The van der Waals surface area contributed by atoms with Gasteiger partial charge in [-0.25, -0.2) is 4.39 Å². The number of hydrogen-bond acceptors (Lipinski definition) is 6. The van der Waals surface area contributed by atoms with E-state index < -0.39 is 22.8 Å². The van der Waals surface area contributed by atoms with Crippen LogP contribution in [-0.2, 0) is 13.0 Å². The van der Waals surface area contributed by atoms with Gasteiger partial charge in [-0.2, -0.15) is 0 Å². The Balaban J connectivity index is 2.11. The zero-order valence-corrected chi connectivity index (χ0v) is 16.1. The lowest BCUT2D eigenvalue weighted by atomic mass is 10.1. The summed E-state index contributed by atoms with van der Waals surface area (Å²) in [6.07, 6.45) is 2.21. The average molecular weight is 415 g/mol. The highest BCUT2D eigenvalue weighted by Gasteiger charge is 2.23. The summed E-state index contributed by atoms with van der Waals surface area (Å²) in [6.45, 7) is -0.433. The number of fused-ring (bicyclic) bond motifs is 1. The molecule has 0 aliphatic heterocycles. The van der Waals surface area contributed by atoms with Gasteiger partial charge in [0.05, 0.1) is 12.1 Å². The Bertz CT molecular complexity index is 1110. The molecule has 0 saturated heterocycles. The number of aromatic hydroxyl groups is 1. The number of aryl methyl sites for hydroxylation is 1. The number of aliphatic hydroxyl groups excluding tert-OH is 2. The van der Waals surface area contributed by atoms with Crippen LogP contribution >= 0.6 is 0 Å². The van der Waals surface area contributed by atoms with Crippen molar-refractivity contribution in [3.05, 3.63) is 69.4 Å². The molecule has 1 amide bonds. The molecule has 9 heteroatoms. The monoisotopic (exact) mass is 415 g/mol. The first-order valence-electron chi connectivity index (χ1n) is 9.45. The lowest BCUT2D eigenvalue weighted by molar-refractivity contribution is 0.0940. The minimum absolute atomic E-state index is 0.0730. The fourth-order valence-corrected chi connectivity index (χ4v) is 3.20. The Kier molecular flexibility index (Phi) is 6.76. The number of nitrogens with one attached hydrogen (secondary N) is 1. The number of halogens is 1. The summed E-state index contributed by atoms with van der Waals surface area (Å²) in [5.41, 5.74) is 0.778. The summed E-state index contributed by atoms with van der Waals surface area (Å²) >= 11 is 0. The van der Waals surface area contributed by atoms with E-state index in [0.29, 0.717) is 11.9 Å². The van der Waals surface area contributed by atoms with Crippen molar-refractivity contribution in [2.24, 2.45) is 0 Å². The smallest absolute Gasteiger partial charge is 0.267 e. The van der Waals surface area contributed by atoms with Crippen LogP contribution in [0.4, 0.5) is 4.39 Å². The largest absolute Gasteiger partial charge is 0.505 e. The molecule has 0 saturated carbocycles. The van der Waals surface area contributed by atoms with Gasteiger partial charge in [0, 0.05) is 25.9 Å². The number of pyridine rings is 2. The molecule has 0 fully saturated rings. The third-order valence-corrected chi connectivity index (χ3v) is 4.62. The maximum atomic E-state index is 13.1. The molecule has 0 aliphatic rings. The van der Waals surface area contributed by atoms with Gasteiger partial charge >= 0.3 is 0 Å². The minimum Gasteiger partial charge on any atom is -0.505 e. The van der Waals surface area contributed by atoms with E-state index in [1.54, 1.807) is 18.2 Å². The van der Waals surface area contributed by atoms with Crippen molar-refractivity contribution in [1.29, 1.82) is 0 Å². The molecule has 3 rings (SSSR count). The third-order valence-electron chi connectivity index (χ3n) is 4.62. The van der Waals surface area contributed by atoms with Gasteiger partial charge in [-0.3, -0.25) is 14.6 Å². The van der Waals surface area contributed by atoms with Gasteiger partial charge in [-0.15, -0.1) is 0 Å². The van der Waals surface area contributed by atoms with Crippen LogP contribution in [0.5, 0.6) is 5.75 Å². The van der Waals surface area contributed by atoms with Crippen molar-refractivity contribution in [2.45, 2.75) is 19.4 Å². The fourth-order valence-electron chi connectivity index (χ4n) is 3.20. The fraction of sp³-hybridized carbons (Fsp3) is 0.286. The normalized spacial score (nSPS) is 11.0. The Hall–Kier alpha value is -3.30. The third kappa shape index (κ3) is 4.47. The standard InChI is InChI=1S/C21H22FN3O5/c22-15-4-2-13(3-5-15)10-14-11-16-18(24-12-14)19(28)17(20(29)23-6-9-27)21(30)25(16)7-1-8-26/h2-5,11-12,26-28H,1,6-10H2,(H,23,29). The van der Waals surface area contributed by atoms with Gasteiger partial charge in [0.1, 0.15) is 16.9 Å². The topological polar surface area (TPSA) is 125 Å². The van der Waals surface area contributed by atoms with Crippen LogP contribution in [0.3, 0.4) is 0 Å². The van der Waals surface area contributed by atoms with Gasteiger partial charge in [-0.05, 0) is 42.2 Å². The highest BCUT2D eigenvalue weighted by atomic mass is 19.1. The summed E-state index contributed by atoms with van der Waals surface area (Å²) in [5, 5.41) is 31.0. The maximum Gasteiger partial charge on any atom is 0.267 e. The number of aromatic nitrogens is 2. The van der Waals surface area contributed by atoms with Gasteiger partial charge < -0.3 is 25.2 Å². The molecule has 4 N–H and O–H groups in total. The SMILES string of the molecule is O=C(NCCO)c1c(O)c2ncc(Cc3ccc(F)cc3)cc2n(CCCO)c1=O. The van der Waals surface area contributed by atoms with Gasteiger partial charge in [0.2, 0.25) is 0 Å². The number of carbonyl (C=O) groups is 1. The summed E-state index contributed by atoms with van der Waals surface area (Å²) in [5.74, 6) is -1.70. The molecule has 30 heavy (non-hydrogen) atoms. The van der Waals surface area contributed by atoms with Crippen LogP contribution in [-0.4, -0.2) is 50.5 Å². The van der Waals surface area contributed by atoms with E-state index in [9.17, 15) is 24.2 Å². The van der Waals surface area contributed by atoms with Crippen molar-refractivity contribution in [1.82, 2.24) is 14.9 Å². The van der Waals surface area contributed by atoms with Gasteiger partial charge in [0.15, 0.2) is 5.75 Å². The van der Waals surface area contributed by atoms with Gasteiger partial charge in [0.25, 0.3) is 11.5 Å². The van der Waals surface area contributed by atoms with Crippen molar-refractivity contribution < 1.29 is 24.5 Å². The van der Waals surface area contributed by atoms with E-state index in [4.69, 9.17) is 5.11 Å².